The molecule has 17 heavy (non-hydrogen) atoms. The third-order valence-corrected chi connectivity index (χ3v) is 2.89. The molecule has 0 saturated heterocycles. The molecule has 0 aliphatic rings. The molecule has 0 amide bonds. The monoisotopic (exact) mass is 253 g/mol. The molecule has 2 N–H and O–H groups in total. The molecule has 0 unspecified atom stereocenters. The van der Waals surface area contributed by atoms with Gasteiger partial charge in [-0.3, -0.25) is 0 Å². The molecule has 0 bridgehead atoms. The van der Waals surface area contributed by atoms with Gasteiger partial charge >= 0.3 is 5.97 Å². The molecule has 0 aliphatic heterocycles. The average Bonchev–Trinajstić information content (AvgIpc) is 2.29. The highest BCUT2D eigenvalue weighted by Crippen LogP contribution is 2.21. The molecule has 3 nitrogen and oxygen atoms in total. The summed E-state index contributed by atoms with van der Waals surface area (Å²) in [6, 6.07) is 7.69. The molecule has 1 aromatic rings. The fourth-order valence-corrected chi connectivity index (χ4v) is 1.71. The summed E-state index contributed by atoms with van der Waals surface area (Å²) >= 11 is 6.06. The van der Waals surface area contributed by atoms with E-state index >= 15 is 0 Å². The second kappa shape index (κ2) is 6.42. The van der Waals surface area contributed by atoms with Crippen molar-refractivity contribution in [2.45, 2.75) is 19.9 Å². The van der Waals surface area contributed by atoms with Crippen molar-refractivity contribution in [2.75, 3.05) is 6.54 Å². The Balaban J connectivity index is 2.57. The Morgan fingerprint density at radius 1 is 1.53 bits per heavy atom. The number of rotatable bonds is 5. The zero-order valence-corrected chi connectivity index (χ0v) is 10.7. The molecular formula is C13H16ClNO2. The van der Waals surface area contributed by atoms with Crippen molar-refractivity contribution < 1.29 is 9.90 Å². The number of hydrogen-bond donors (Lipinski definition) is 2. The van der Waals surface area contributed by atoms with Crippen molar-refractivity contribution in [1.29, 1.82) is 0 Å². The van der Waals surface area contributed by atoms with E-state index in [1.807, 2.05) is 31.2 Å². The number of nitrogens with one attached hydrogen (secondary N) is 1. The molecule has 0 aromatic heterocycles. The van der Waals surface area contributed by atoms with E-state index in [0.29, 0.717) is 17.1 Å². The molecule has 1 atom stereocenters. The lowest BCUT2D eigenvalue weighted by molar-refractivity contribution is -0.132. The van der Waals surface area contributed by atoms with E-state index < -0.39 is 5.97 Å². The third kappa shape index (κ3) is 4.21. The van der Waals surface area contributed by atoms with Gasteiger partial charge in [0.25, 0.3) is 0 Å². The molecule has 0 saturated carbocycles. The van der Waals surface area contributed by atoms with Gasteiger partial charge in [0.1, 0.15) is 0 Å². The Kier molecular flexibility index (Phi) is 5.19. The number of hydrogen-bond acceptors (Lipinski definition) is 2. The fourth-order valence-electron chi connectivity index (χ4n) is 1.41. The maximum atomic E-state index is 10.6. The molecule has 0 spiro atoms. The molecule has 0 aliphatic carbocycles. The van der Waals surface area contributed by atoms with Crippen LogP contribution in [0.3, 0.4) is 0 Å². The van der Waals surface area contributed by atoms with Crippen LogP contribution in [0.1, 0.15) is 25.5 Å². The molecule has 0 radical (unpaired) electrons. The number of benzene rings is 1. The molecule has 1 aromatic carbocycles. The summed E-state index contributed by atoms with van der Waals surface area (Å²) in [6.45, 7) is 4.07. The van der Waals surface area contributed by atoms with Crippen molar-refractivity contribution in [3.05, 3.63) is 46.5 Å². The lowest BCUT2D eigenvalue weighted by atomic mass is 10.1. The summed E-state index contributed by atoms with van der Waals surface area (Å²) < 4.78 is 0. The lowest BCUT2D eigenvalue weighted by Gasteiger charge is -2.14. The van der Waals surface area contributed by atoms with Crippen LogP contribution in [0.5, 0.6) is 0 Å². The quantitative estimate of drug-likeness (QED) is 0.793. The first-order valence-electron chi connectivity index (χ1n) is 5.40. The topological polar surface area (TPSA) is 49.3 Å². The van der Waals surface area contributed by atoms with Crippen LogP contribution >= 0.6 is 11.6 Å². The number of carboxylic acids is 1. The van der Waals surface area contributed by atoms with E-state index in [-0.39, 0.29) is 6.04 Å². The zero-order chi connectivity index (χ0) is 12.8. The van der Waals surface area contributed by atoms with Gasteiger partial charge in [-0.1, -0.05) is 35.9 Å². The first kappa shape index (κ1) is 13.7. The summed E-state index contributed by atoms with van der Waals surface area (Å²) in [5.74, 6) is -0.891. The van der Waals surface area contributed by atoms with Gasteiger partial charge < -0.3 is 10.4 Å². The minimum atomic E-state index is -0.891. The van der Waals surface area contributed by atoms with E-state index in [4.69, 9.17) is 16.7 Å². The van der Waals surface area contributed by atoms with Gasteiger partial charge in [0.15, 0.2) is 0 Å². The van der Waals surface area contributed by atoms with Crippen LogP contribution in [0.15, 0.2) is 35.9 Å². The Morgan fingerprint density at radius 2 is 2.18 bits per heavy atom. The molecule has 92 valence electrons. The summed E-state index contributed by atoms with van der Waals surface area (Å²) in [4.78, 5) is 10.6. The summed E-state index contributed by atoms with van der Waals surface area (Å²) in [5, 5.41) is 12.6. The predicted molar refractivity (Wildman–Crippen MR) is 69.3 cm³/mol. The van der Waals surface area contributed by atoms with Crippen molar-refractivity contribution in [2.24, 2.45) is 0 Å². The van der Waals surface area contributed by atoms with E-state index in [1.165, 1.54) is 0 Å². The largest absolute Gasteiger partial charge is 0.478 e. The average molecular weight is 254 g/mol. The number of carboxylic acid groups (broad SMARTS) is 1. The summed E-state index contributed by atoms with van der Waals surface area (Å²) in [5.41, 5.74) is 1.35. The van der Waals surface area contributed by atoms with E-state index in [9.17, 15) is 4.79 Å². The van der Waals surface area contributed by atoms with Crippen LogP contribution in [0.25, 0.3) is 0 Å². The zero-order valence-electron chi connectivity index (χ0n) is 9.90. The van der Waals surface area contributed by atoms with Crippen LogP contribution in [0, 0.1) is 0 Å². The minimum Gasteiger partial charge on any atom is -0.478 e. The van der Waals surface area contributed by atoms with Crippen LogP contribution in [0.4, 0.5) is 0 Å². The molecule has 0 fully saturated rings. The highest BCUT2D eigenvalue weighted by Gasteiger charge is 2.07. The van der Waals surface area contributed by atoms with E-state index in [2.05, 4.69) is 5.32 Å². The first-order chi connectivity index (χ1) is 8.02. The van der Waals surface area contributed by atoms with Crippen LogP contribution in [0.2, 0.25) is 5.02 Å². The summed E-state index contributed by atoms with van der Waals surface area (Å²) in [6.07, 6.45) is 1.65. The Hall–Kier alpha value is -1.32. The number of aliphatic carboxylic acids is 1. The Bertz CT molecular complexity index is 429. The van der Waals surface area contributed by atoms with Crippen LogP contribution in [-0.2, 0) is 4.79 Å². The Labute approximate surface area is 106 Å². The van der Waals surface area contributed by atoms with E-state index in [0.717, 1.165) is 5.56 Å². The maximum Gasteiger partial charge on any atom is 0.330 e. The second-order valence-electron chi connectivity index (χ2n) is 3.84. The third-order valence-electron chi connectivity index (χ3n) is 2.54. The normalized spacial score (nSPS) is 13.5. The van der Waals surface area contributed by atoms with Crippen LogP contribution in [-0.4, -0.2) is 17.6 Å². The Morgan fingerprint density at radius 3 is 2.76 bits per heavy atom. The number of halogens is 1. The lowest BCUT2D eigenvalue weighted by Crippen LogP contribution is -2.19. The highest BCUT2D eigenvalue weighted by atomic mass is 35.5. The SMILES string of the molecule is C/C(=C/CN[C@H](C)c1ccccc1Cl)C(=O)O. The van der Waals surface area contributed by atoms with E-state index in [1.54, 1.807) is 13.0 Å². The van der Waals surface area contributed by atoms with Gasteiger partial charge in [0.2, 0.25) is 0 Å². The van der Waals surface area contributed by atoms with Crippen molar-refractivity contribution in [3.63, 3.8) is 0 Å². The second-order valence-corrected chi connectivity index (χ2v) is 4.25. The predicted octanol–water partition coefficient (Wildman–Crippen LogP) is 3.02. The fraction of sp³-hybridized carbons (Fsp3) is 0.308. The standard InChI is InChI=1S/C13H16ClNO2/c1-9(13(16)17)7-8-15-10(2)11-5-3-4-6-12(11)14/h3-7,10,15H,8H2,1-2H3,(H,16,17)/b9-7-/t10-/m1/s1. The van der Waals surface area contributed by atoms with Gasteiger partial charge in [0.05, 0.1) is 0 Å². The molecular weight excluding hydrogens is 238 g/mol. The molecule has 1 rings (SSSR count). The minimum absolute atomic E-state index is 0.0848. The summed E-state index contributed by atoms with van der Waals surface area (Å²) in [7, 11) is 0. The maximum absolute atomic E-state index is 10.6. The number of carbonyl (C=O) groups is 1. The van der Waals surface area contributed by atoms with Crippen molar-refractivity contribution in [3.8, 4) is 0 Å². The van der Waals surface area contributed by atoms with Gasteiger partial charge in [0, 0.05) is 23.2 Å². The van der Waals surface area contributed by atoms with Crippen molar-refractivity contribution in [1.82, 2.24) is 5.32 Å². The highest BCUT2D eigenvalue weighted by molar-refractivity contribution is 6.31. The molecule has 0 heterocycles. The van der Waals surface area contributed by atoms with Crippen molar-refractivity contribution >= 4 is 17.6 Å². The van der Waals surface area contributed by atoms with Gasteiger partial charge in [-0.2, -0.15) is 0 Å². The smallest absolute Gasteiger partial charge is 0.330 e. The first-order valence-corrected chi connectivity index (χ1v) is 5.78. The van der Waals surface area contributed by atoms with Gasteiger partial charge in [-0.25, -0.2) is 4.79 Å². The van der Waals surface area contributed by atoms with Crippen LogP contribution < -0.4 is 5.32 Å². The van der Waals surface area contributed by atoms with Gasteiger partial charge in [-0.15, -0.1) is 0 Å². The van der Waals surface area contributed by atoms with Gasteiger partial charge in [-0.05, 0) is 25.5 Å². The molecule has 4 heteroatoms.